The van der Waals surface area contributed by atoms with Crippen LogP contribution in [0.1, 0.15) is 51.4 Å². The molecule has 0 aliphatic rings. The van der Waals surface area contributed by atoms with Crippen molar-refractivity contribution < 1.29 is 38.4 Å². The fraction of sp³-hybridized carbons (Fsp3) is 0.714. The summed E-state index contributed by atoms with van der Waals surface area (Å²) >= 11 is 0. The predicted molar refractivity (Wildman–Crippen MR) is 73.2 cm³/mol. The molecule has 0 bridgehead atoms. The Hall–Kier alpha value is -2.12. The van der Waals surface area contributed by atoms with Gasteiger partial charge in [-0.1, -0.05) is 0 Å². The van der Waals surface area contributed by atoms with Gasteiger partial charge in [-0.25, -0.2) is 19.4 Å². The molecule has 0 spiro atoms. The first-order valence-electron chi connectivity index (χ1n) is 7.03. The quantitative estimate of drug-likeness (QED) is 0.258. The maximum atomic E-state index is 11.2. The minimum Gasteiger partial charge on any atom is -0.469 e. The molecular formula is C14H22O8. The van der Waals surface area contributed by atoms with Crippen LogP contribution < -0.4 is 0 Å². The van der Waals surface area contributed by atoms with Crippen LogP contribution in [0, 0.1) is 0 Å². The maximum Gasteiger partial charge on any atom is 0.355 e. The molecular weight excluding hydrogens is 296 g/mol. The van der Waals surface area contributed by atoms with Gasteiger partial charge in [0.15, 0.2) is 0 Å². The second kappa shape index (κ2) is 12.6. The van der Waals surface area contributed by atoms with Crippen molar-refractivity contribution in [2.75, 3.05) is 14.2 Å². The van der Waals surface area contributed by atoms with E-state index in [1.165, 1.54) is 14.2 Å². The van der Waals surface area contributed by atoms with Crippen molar-refractivity contribution in [1.29, 1.82) is 0 Å². The van der Waals surface area contributed by atoms with Gasteiger partial charge in [0, 0.05) is 12.8 Å². The number of carbonyl (C=O) groups is 4. The van der Waals surface area contributed by atoms with Crippen LogP contribution in [0.2, 0.25) is 0 Å². The van der Waals surface area contributed by atoms with Crippen molar-refractivity contribution in [1.82, 2.24) is 0 Å². The summed E-state index contributed by atoms with van der Waals surface area (Å²) < 4.78 is 8.90. The third-order valence-electron chi connectivity index (χ3n) is 2.71. The van der Waals surface area contributed by atoms with Crippen molar-refractivity contribution in [3.05, 3.63) is 0 Å². The summed E-state index contributed by atoms with van der Waals surface area (Å²) in [5.74, 6) is -2.03. The Morgan fingerprint density at radius 2 is 0.818 bits per heavy atom. The SMILES string of the molecule is COC(=O)CCCCC(=O)OOC(=O)CCCCC(=O)OC. The fourth-order valence-corrected chi connectivity index (χ4v) is 1.46. The van der Waals surface area contributed by atoms with E-state index in [2.05, 4.69) is 19.2 Å². The van der Waals surface area contributed by atoms with Gasteiger partial charge in [0.2, 0.25) is 0 Å². The number of ether oxygens (including phenoxy) is 2. The molecule has 0 aliphatic carbocycles. The van der Waals surface area contributed by atoms with Crippen LogP contribution in [0.5, 0.6) is 0 Å². The van der Waals surface area contributed by atoms with Crippen LogP contribution in [0.3, 0.4) is 0 Å². The van der Waals surface area contributed by atoms with E-state index < -0.39 is 11.9 Å². The lowest BCUT2D eigenvalue weighted by molar-refractivity contribution is -0.259. The van der Waals surface area contributed by atoms with Crippen LogP contribution in [-0.2, 0) is 38.4 Å². The van der Waals surface area contributed by atoms with Gasteiger partial charge in [-0.3, -0.25) is 9.59 Å². The summed E-state index contributed by atoms with van der Waals surface area (Å²) in [5.41, 5.74) is 0. The van der Waals surface area contributed by atoms with Crippen molar-refractivity contribution >= 4 is 23.9 Å². The first kappa shape index (κ1) is 19.9. The van der Waals surface area contributed by atoms with Crippen molar-refractivity contribution in [3.63, 3.8) is 0 Å². The highest BCUT2D eigenvalue weighted by atomic mass is 17.2. The molecule has 8 nitrogen and oxygen atoms in total. The molecule has 0 aromatic carbocycles. The molecule has 0 aliphatic heterocycles. The Balaban J connectivity index is 3.54. The Bertz CT molecular complexity index is 341. The van der Waals surface area contributed by atoms with E-state index in [0.717, 1.165) is 0 Å². The molecule has 22 heavy (non-hydrogen) atoms. The van der Waals surface area contributed by atoms with Gasteiger partial charge in [0.05, 0.1) is 27.1 Å². The van der Waals surface area contributed by atoms with Crippen molar-refractivity contribution in [3.8, 4) is 0 Å². The minimum absolute atomic E-state index is 0.0482. The third-order valence-corrected chi connectivity index (χ3v) is 2.71. The number of methoxy groups -OCH3 is 2. The number of hydrogen-bond donors (Lipinski definition) is 0. The standard InChI is InChI=1S/C14H22O8/c1-19-11(15)7-3-5-9-13(17)21-22-14(18)10-6-4-8-12(16)20-2/h3-10H2,1-2H3. The zero-order valence-electron chi connectivity index (χ0n) is 12.9. The molecule has 0 heterocycles. The molecule has 0 radical (unpaired) electrons. The summed E-state index contributed by atoms with van der Waals surface area (Å²) in [4.78, 5) is 52.8. The Morgan fingerprint density at radius 1 is 0.545 bits per heavy atom. The summed E-state index contributed by atoms with van der Waals surface area (Å²) in [6.07, 6.45) is 2.40. The largest absolute Gasteiger partial charge is 0.469 e. The molecule has 0 unspecified atom stereocenters. The van der Waals surface area contributed by atoms with Crippen molar-refractivity contribution in [2.45, 2.75) is 51.4 Å². The molecule has 0 rings (SSSR count). The van der Waals surface area contributed by atoms with E-state index in [4.69, 9.17) is 0 Å². The van der Waals surface area contributed by atoms with Crippen LogP contribution in [0.15, 0.2) is 0 Å². The lowest BCUT2D eigenvalue weighted by Crippen LogP contribution is -2.11. The molecule has 8 heteroatoms. The summed E-state index contributed by atoms with van der Waals surface area (Å²) in [7, 11) is 2.59. The first-order chi connectivity index (χ1) is 10.5. The summed E-state index contributed by atoms with van der Waals surface area (Å²) in [5, 5.41) is 0. The Kier molecular flexibility index (Phi) is 11.4. The van der Waals surface area contributed by atoms with Gasteiger partial charge in [-0.05, 0) is 25.7 Å². The van der Waals surface area contributed by atoms with Gasteiger partial charge >= 0.3 is 23.9 Å². The lowest BCUT2D eigenvalue weighted by Gasteiger charge is -2.03. The van der Waals surface area contributed by atoms with Gasteiger partial charge < -0.3 is 9.47 Å². The number of unbranched alkanes of at least 4 members (excludes halogenated alkanes) is 2. The highest BCUT2D eigenvalue weighted by molar-refractivity contribution is 5.73. The van der Waals surface area contributed by atoms with E-state index in [0.29, 0.717) is 25.7 Å². The second-order valence-corrected chi connectivity index (χ2v) is 4.48. The number of carbonyl (C=O) groups excluding carboxylic acids is 4. The van der Waals surface area contributed by atoms with E-state index in [-0.39, 0.29) is 37.6 Å². The summed E-state index contributed by atoms with van der Waals surface area (Å²) in [6.45, 7) is 0. The van der Waals surface area contributed by atoms with E-state index >= 15 is 0 Å². The van der Waals surface area contributed by atoms with Gasteiger partial charge in [-0.2, -0.15) is 0 Å². The Labute approximate surface area is 129 Å². The topological polar surface area (TPSA) is 105 Å². The molecule has 0 aromatic heterocycles. The normalized spacial score (nSPS) is 9.73. The van der Waals surface area contributed by atoms with Crippen LogP contribution >= 0.6 is 0 Å². The van der Waals surface area contributed by atoms with Crippen molar-refractivity contribution in [2.24, 2.45) is 0 Å². The fourth-order valence-electron chi connectivity index (χ4n) is 1.46. The molecule has 126 valence electrons. The average molecular weight is 318 g/mol. The smallest absolute Gasteiger partial charge is 0.355 e. The third kappa shape index (κ3) is 11.7. The zero-order valence-corrected chi connectivity index (χ0v) is 12.9. The van der Waals surface area contributed by atoms with Gasteiger partial charge in [-0.15, -0.1) is 0 Å². The minimum atomic E-state index is -0.673. The second-order valence-electron chi connectivity index (χ2n) is 4.48. The van der Waals surface area contributed by atoms with E-state index in [1.807, 2.05) is 0 Å². The van der Waals surface area contributed by atoms with E-state index in [9.17, 15) is 19.2 Å². The zero-order chi connectivity index (χ0) is 16.8. The molecule has 0 amide bonds. The Morgan fingerprint density at radius 3 is 1.09 bits per heavy atom. The first-order valence-corrected chi connectivity index (χ1v) is 7.03. The number of rotatable bonds is 10. The molecule has 0 N–H and O–H groups in total. The summed E-state index contributed by atoms with van der Waals surface area (Å²) in [6, 6.07) is 0. The number of hydrogen-bond acceptors (Lipinski definition) is 8. The van der Waals surface area contributed by atoms with Crippen LogP contribution in [0.4, 0.5) is 0 Å². The lowest BCUT2D eigenvalue weighted by atomic mass is 10.2. The van der Waals surface area contributed by atoms with Crippen LogP contribution in [0.25, 0.3) is 0 Å². The molecule has 0 fully saturated rings. The average Bonchev–Trinajstić information content (AvgIpc) is 2.52. The predicted octanol–water partition coefficient (Wildman–Crippen LogP) is 1.45. The molecule has 0 atom stereocenters. The molecule has 0 aromatic rings. The van der Waals surface area contributed by atoms with Gasteiger partial charge in [0.25, 0.3) is 0 Å². The van der Waals surface area contributed by atoms with Gasteiger partial charge in [0.1, 0.15) is 0 Å². The highest BCUT2D eigenvalue weighted by Gasteiger charge is 2.10. The number of esters is 2. The van der Waals surface area contributed by atoms with E-state index in [1.54, 1.807) is 0 Å². The molecule has 0 saturated heterocycles. The highest BCUT2D eigenvalue weighted by Crippen LogP contribution is 2.05. The maximum absolute atomic E-state index is 11.2. The molecule has 0 saturated carbocycles. The van der Waals surface area contributed by atoms with Crippen LogP contribution in [-0.4, -0.2) is 38.1 Å². The monoisotopic (exact) mass is 318 g/mol.